The minimum Gasteiger partial charge on any atom is -0.378 e. The van der Waals surface area contributed by atoms with Gasteiger partial charge in [-0.25, -0.2) is 8.42 Å². The van der Waals surface area contributed by atoms with Crippen molar-refractivity contribution >= 4 is 45.6 Å². The number of rotatable bonds is 10. The molecule has 31 heavy (non-hydrogen) atoms. The Bertz CT molecular complexity index is 754. The summed E-state index contributed by atoms with van der Waals surface area (Å²) in [6, 6.07) is 10.3. The van der Waals surface area contributed by atoms with Gasteiger partial charge in [0.2, 0.25) is 10.0 Å². The maximum atomic E-state index is 12.5. The Labute approximate surface area is 205 Å². The normalized spacial score (nSPS) is 15.6. The van der Waals surface area contributed by atoms with E-state index in [1.807, 2.05) is 32.0 Å². The molecule has 1 N–H and O–H groups in total. The first-order valence-corrected chi connectivity index (χ1v) is 12.3. The summed E-state index contributed by atoms with van der Waals surface area (Å²) in [6.07, 6.45) is 1.02. The topological polar surface area (TPSA) is 77.5 Å². The second-order valence-corrected chi connectivity index (χ2v) is 9.79. The fourth-order valence-corrected chi connectivity index (χ4v) is 4.64. The molecule has 2 rings (SSSR count). The van der Waals surface area contributed by atoms with Crippen LogP contribution in [-0.4, -0.2) is 95.4 Å². The molecule has 1 aromatic carbocycles. The lowest BCUT2D eigenvalue weighted by molar-refractivity contribution is 0.0904. The van der Waals surface area contributed by atoms with Crippen molar-refractivity contribution in [1.82, 2.24) is 14.5 Å². The van der Waals surface area contributed by atoms with Gasteiger partial charge in [0.15, 0.2) is 5.96 Å². The first-order valence-electron chi connectivity index (χ1n) is 10.6. The van der Waals surface area contributed by atoms with Gasteiger partial charge in [-0.3, -0.25) is 4.99 Å². The Morgan fingerprint density at radius 3 is 2.42 bits per heavy atom. The predicted octanol–water partition coefficient (Wildman–Crippen LogP) is 2.08. The first kappa shape index (κ1) is 27.9. The minimum atomic E-state index is -3.28. The standard InChI is InChI=1S/C21H37N5O3S.HI/c1-19(2)29-17-18-30(27,28)26-15-13-25(14-16-26)21(22-3)23-11-8-12-24(4)20-9-6-5-7-10-20;/h5-7,9-10,19H,8,11-18H2,1-4H3,(H,22,23);1H. The van der Waals surface area contributed by atoms with Gasteiger partial charge in [0.25, 0.3) is 0 Å². The molecule has 1 aromatic rings. The van der Waals surface area contributed by atoms with Crippen LogP contribution >= 0.6 is 24.0 Å². The molecule has 0 spiro atoms. The Hall–Kier alpha value is -1.11. The zero-order valence-electron chi connectivity index (χ0n) is 19.2. The number of nitrogens with zero attached hydrogens (tertiary/aromatic N) is 4. The summed E-state index contributed by atoms with van der Waals surface area (Å²) in [4.78, 5) is 8.73. The highest BCUT2D eigenvalue weighted by atomic mass is 127. The molecular formula is C21H38IN5O3S. The molecule has 0 saturated carbocycles. The van der Waals surface area contributed by atoms with Crippen molar-refractivity contribution in [1.29, 1.82) is 0 Å². The van der Waals surface area contributed by atoms with E-state index >= 15 is 0 Å². The van der Waals surface area contributed by atoms with Crippen molar-refractivity contribution in [2.75, 3.05) is 70.6 Å². The van der Waals surface area contributed by atoms with Gasteiger partial charge >= 0.3 is 0 Å². The zero-order chi connectivity index (χ0) is 22.0. The lowest BCUT2D eigenvalue weighted by Crippen LogP contribution is -2.54. The van der Waals surface area contributed by atoms with Crippen molar-refractivity contribution < 1.29 is 13.2 Å². The van der Waals surface area contributed by atoms with Gasteiger partial charge in [-0.15, -0.1) is 24.0 Å². The number of sulfonamides is 1. The second kappa shape index (κ2) is 14.1. The maximum Gasteiger partial charge on any atom is 0.216 e. The number of halogens is 1. The number of ether oxygens (including phenoxy) is 1. The summed E-state index contributed by atoms with van der Waals surface area (Å²) in [5.74, 6) is 0.866. The lowest BCUT2D eigenvalue weighted by atomic mass is 10.3. The van der Waals surface area contributed by atoms with Crippen LogP contribution in [0.4, 0.5) is 5.69 Å². The van der Waals surface area contributed by atoms with Crippen molar-refractivity contribution in [2.24, 2.45) is 4.99 Å². The van der Waals surface area contributed by atoms with Crippen LogP contribution in [0.2, 0.25) is 0 Å². The van der Waals surface area contributed by atoms with Gasteiger partial charge in [-0.05, 0) is 32.4 Å². The number of piperazine rings is 1. The highest BCUT2D eigenvalue weighted by molar-refractivity contribution is 14.0. The van der Waals surface area contributed by atoms with Crippen molar-refractivity contribution in [3.63, 3.8) is 0 Å². The molecule has 0 unspecified atom stereocenters. The molecule has 1 aliphatic rings. The average molecular weight is 568 g/mol. The number of hydrogen-bond acceptors (Lipinski definition) is 5. The van der Waals surface area contributed by atoms with E-state index in [2.05, 4.69) is 39.3 Å². The summed E-state index contributed by atoms with van der Waals surface area (Å²) in [5, 5.41) is 3.41. The Morgan fingerprint density at radius 1 is 1.19 bits per heavy atom. The molecule has 10 heteroatoms. The molecule has 1 heterocycles. The van der Waals surface area contributed by atoms with Gasteiger partial charge < -0.3 is 19.9 Å². The summed E-state index contributed by atoms with van der Waals surface area (Å²) in [6.45, 7) is 8.02. The molecule has 8 nitrogen and oxygen atoms in total. The Kier molecular flexibility index (Phi) is 12.7. The van der Waals surface area contributed by atoms with Crippen LogP contribution in [0.3, 0.4) is 0 Å². The van der Waals surface area contributed by atoms with Crippen LogP contribution in [0.15, 0.2) is 35.3 Å². The minimum absolute atomic E-state index is 0. The number of guanidine groups is 1. The van der Waals surface area contributed by atoms with E-state index in [4.69, 9.17) is 4.74 Å². The summed E-state index contributed by atoms with van der Waals surface area (Å²) in [5.41, 5.74) is 1.21. The molecule has 1 aliphatic heterocycles. The fraction of sp³-hybridized carbons (Fsp3) is 0.667. The largest absolute Gasteiger partial charge is 0.378 e. The average Bonchev–Trinajstić information content (AvgIpc) is 2.74. The summed E-state index contributed by atoms with van der Waals surface area (Å²) in [7, 11) is 0.586. The highest BCUT2D eigenvalue weighted by Gasteiger charge is 2.27. The van der Waals surface area contributed by atoms with Crippen LogP contribution in [0.5, 0.6) is 0 Å². The van der Waals surface area contributed by atoms with E-state index in [-0.39, 0.29) is 42.4 Å². The van der Waals surface area contributed by atoms with Gasteiger partial charge in [-0.2, -0.15) is 4.31 Å². The Morgan fingerprint density at radius 2 is 1.84 bits per heavy atom. The third-order valence-electron chi connectivity index (χ3n) is 5.09. The molecule has 178 valence electrons. The summed E-state index contributed by atoms with van der Waals surface area (Å²) >= 11 is 0. The number of nitrogens with one attached hydrogen (secondary N) is 1. The van der Waals surface area contributed by atoms with Crippen LogP contribution in [0, 0.1) is 0 Å². The van der Waals surface area contributed by atoms with Crippen LogP contribution in [0.1, 0.15) is 20.3 Å². The third kappa shape index (κ3) is 9.50. The summed E-state index contributed by atoms with van der Waals surface area (Å²) < 4.78 is 31.9. The van der Waals surface area contributed by atoms with E-state index in [0.29, 0.717) is 26.2 Å². The third-order valence-corrected chi connectivity index (χ3v) is 6.92. The van der Waals surface area contributed by atoms with Crippen molar-refractivity contribution in [2.45, 2.75) is 26.4 Å². The molecule has 1 fully saturated rings. The molecule has 0 amide bonds. The number of hydrogen-bond donors (Lipinski definition) is 1. The van der Waals surface area contributed by atoms with Crippen molar-refractivity contribution in [3.8, 4) is 0 Å². The molecule has 0 aromatic heterocycles. The van der Waals surface area contributed by atoms with Crippen molar-refractivity contribution in [3.05, 3.63) is 30.3 Å². The van der Waals surface area contributed by atoms with E-state index in [0.717, 1.165) is 25.5 Å². The number of aliphatic imine (C=N–C) groups is 1. The molecule has 0 radical (unpaired) electrons. The van der Waals surface area contributed by atoms with Crippen LogP contribution in [-0.2, 0) is 14.8 Å². The van der Waals surface area contributed by atoms with Crippen LogP contribution < -0.4 is 10.2 Å². The predicted molar refractivity (Wildman–Crippen MR) is 139 cm³/mol. The highest BCUT2D eigenvalue weighted by Crippen LogP contribution is 2.11. The SMILES string of the molecule is CN=C(NCCCN(C)c1ccccc1)N1CCN(S(=O)(=O)CCOC(C)C)CC1.I. The van der Waals surface area contributed by atoms with E-state index in [1.165, 1.54) is 5.69 Å². The van der Waals surface area contributed by atoms with Gasteiger partial charge in [0, 0.05) is 59.1 Å². The quantitative estimate of drug-likeness (QED) is 0.202. The smallest absolute Gasteiger partial charge is 0.216 e. The number of benzene rings is 1. The zero-order valence-corrected chi connectivity index (χ0v) is 22.3. The first-order chi connectivity index (χ1) is 14.3. The monoisotopic (exact) mass is 567 g/mol. The van der Waals surface area contributed by atoms with Gasteiger partial charge in [0.1, 0.15) is 0 Å². The van der Waals surface area contributed by atoms with Gasteiger partial charge in [0.05, 0.1) is 18.5 Å². The fourth-order valence-electron chi connectivity index (χ4n) is 3.36. The maximum absolute atomic E-state index is 12.5. The van der Waals surface area contributed by atoms with E-state index in [9.17, 15) is 8.42 Å². The lowest BCUT2D eigenvalue weighted by Gasteiger charge is -2.36. The second-order valence-electron chi connectivity index (χ2n) is 7.71. The number of anilines is 1. The van der Waals surface area contributed by atoms with E-state index in [1.54, 1.807) is 11.4 Å². The van der Waals surface area contributed by atoms with Crippen LogP contribution in [0.25, 0.3) is 0 Å². The molecule has 1 saturated heterocycles. The molecule has 0 bridgehead atoms. The molecule has 0 aliphatic carbocycles. The molecular weight excluding hydrogens is 529 g/mol. The van der Waals surface area contributed by atoms with Gasteiger partial charge in [-0.1, -0.05) is 18.2 Å². The Balaban J connectivity index is 0.00000480. The van der Waals surface area contributed by atoms with E-state index < -0.39 is 10.0 Å². The number of para-hydroxylation sites is 1. The molecule has 0 atom stereocenters.